The second-order valence-electron chi connectivity index (χ2n) is 39.0. The van der Waals surface area contributed by atoms with Crippen molar-refractivity contribution in [2.75, 3.05) is 0 Å². The summed E-state index contributed by atoms with van der Waals surface area (Å²) in [7, 11) is 0. The van der Waals surface area contributed by atoms with Gasteiger partial charge in [-0.25, -0.2) is 0 Å². The fraction of sp³-hybridized carbons (Fsp3) is 0.709. The Balaban J connectivity index is 0.660. The van der Waals surface area contributed by atoms with Crippen LogP contribution in [-0.4, -0.2) is 72.5 Å². The van der Waals surface area contributed by atoms with Gasteiger partial charge in [0.2, 0.25) is 23.6 Å². The van der Waals surface area contributed by atoms with Gasteiger partial charge in [-0.2, -0.15) is 0 Å². The summed E-state index contributed by atoms with van der Waals surface area (Å²) in [6.45, 7) is 38.2. The molecule has 17 heteroatoms. The molecule has 4 aromatic rings. The van der Waals surface area contributed by atoms with Gasteiger partial charge in [-0.05, 0) is 282 Å². The van der Waals surface area contributed by atoms with Crippen molar-refractivity contribution in [1.82, 2.24) is 20.4 Å². The number of carbonyl (C=O) groups is 5. The van der Waals surface area contributed by atoms with Crippen LogP contribution in [0, 0.1) is 101 Å². The molecule has 0 bridgehead atoms. The van der Waals surface area contributed by atoms with Crippen LogP contribution in [0.3, 0.4) is 0 Å². The van der Waals surface area contributed by atoms with Crippen molar-refractivity contribution >= 4 is 52.9 Å². The average molecular weight is 1450 g/mol. The highest BCUT2D eigenvalue weighted by Gasteiger charge is 2.73. The van der Waals surface area contributed by atoms with Crippen molar-refractivity contribution in [3.05, 3.63) is 92.1 Å². The van der Waals surface area contributed by atoms with E-state index in [4.69, 9.17) is 56.8 Å². The van der Waals surface area contributed by atoms with E-state index in [2.05, 4.69) is 102 Å². The number of carbonyl (C=O) groups excluding carboxylic acids is 3. The third kappa shape index (κ3) is 11.0. The third-order valence-electron chi connectivity index (χ3n) is 32.4. The summed E-state index contributed by atoms with van der Waals surface area (Å²) in [5, 5.41) is 41.1. The van der Waals surface area contributed by atoms with E-state index in [1.54, 1.807) is 38.0 Å². The molecule has 10 aliphatic rings. The number of allylic oxidation sites excluding steroid dienone is 4. The Morgan fingerprint density at radius 2 is 1.04 bits per heavy atom. The summed E-state index contributed by atoms with van der Waals surface area (Å²) in [5.74, 6) is 1.31. The first-order valence-corrected chi connectivity index (χ1v) is 40.0. The minimum Gasteiger partial charge on any atom is -0.481 e. The molecule has 0 amide bonds. The highest BCUT2D eigenvalue weighted by molar-refractivity contribution is 6.31. The molecule has 15 nitrogen and oxygen atoms in total. The van der Waals surface area contributed by atoms with E-state index in [0.717, 1.165) is 120 Å². The van der Waals surface area contributed by atoms with Crippen LogP contribution in [0.25, 0.3) is 22.9 Å². The van der Waals surface area contributed by atoms with Crippen LogP contribution in [0.2, 0.25) is 10.0 Å². The molecular weight excluding hydrogens is 1340 g/mol. The number of carboxylic acids is 2. The molecule has 0 spiro atoms. The first kappa shape index (κ1) is 74.2. The van der Waals surface area contributed by atoms with Gasteiger partial charge in [0.25, 0.3) is 0 Å². The number of carboxylic acid groups (broad SMARTS) is 2. The number of fused-ring (bicyclic) bond motifs is 14. The SMILES string of the molecule is CC(C)C1=C2[C@H]3CCC4C(C)(CC[C@H]5C(C)(C)[C@@H](OC(=O)CC(C)(Cc6cc(-c7nnc([C@@]89CC[C@]%10(C)[C@H](CCC%11[C@@]%12(C)CC[C@H](OC(=O)CC(C)(C)C(=O)O)C(C)(C)C%12CC[C@]%11%10C)C8=C(C(C)C)C(=O)C9)o7)ccc6Cl)C(=O)O)CC[C@]45C)[C@]3(C)CC[C@@]2(c2nnc(-c3ccc(Cl)cc3)o2)CC1. The van der Waals surface area contributed by atoms with E-state index in [-0.39, 0.29) is 122 Å². The number of hydrogen-bond donors (Lipinski definition) is 2. The van der Waals surface area contributed by atoms with E-state index in [9.17, 15) is 34.2 Å². The quantitative estimate of drug-likeness (QED) is 0.0786. The zero-order valence-corrected chi connectivity index (χ0v) is 66.0. The normalized spacial score (nSPS) is 37.7. The molecule has 14 rings (SSSR count). The number of ether oxygens (including phenoxy) is 2. The molecule has 8 saturated carbocycles. The number of benzene rings is 2. The Morgan fingerprint density at radius 1 is 0.544 bits per heavy atom. The van der Waals surface area contributed by atoms with Crippen LogP contribution in [0.1, 0.15) is 270 Å². The lowest BCUT2D eigenvalue weighted by molar-refractivity contribution is -0.232. The largest absolute Gasteiger partial charge is 0.481 e. The molecule has 2 heterocycles. The van der Waals surface area contributed by atoms with Crippen LogP contribution in [0.15, 0.2) is 73.6 Å². The van der Waals surface area contributed by atoms with Crippen molar-refractivity contribution < 1.29 is 52.5 Å². The summed E-state index contributed by atoms with van der Waals surface area (Å²) < 4.78 is 26.6. The first-order chi connectivity index (χ1) is 48.1. The first-order valence-electron chi connectivity index (χ1n) is 39.2. The van der Waals surface area contributed by atoms with Crippen LogP contribution >= 0.6 is 23.2 Å². The van der Waals surface area contributed by atoms with Crippen LogP contribution in [-0.2, 0) is 50.7 Å². The molecule has 17 atom stereocenters. The van der Waals surface area contributed by atoms with Gasteiger partial charge in [0.05, 0.1) is 34.5 Å². The second kappa shape index (κ2) is 24.9. The Bertz CT molecular complexity index is 4180. The standard InChI is InChI=1S/C86H114Cl2N4O11/c1-47(2)53-28-37-85(71-91-89-69(102-71)49-18-21-52(87)22-19-49)40-38-81(14)54(67(53)85)23-26-60-79(12)34-32-63(77(9,10)59(79)29-35-83(60,81)16)101-65(95)46-78(11,74(98)99)43-51-42-50(20-25-56(51)88)70-90-92-72(103-70)86-41-39-82(15)55(68(86)66(48(3)4)57(93)44-86)24-27-61-80(13)33-31-62(100-64(94)45-75(5,6)73(96)97)76(7,8)58(80)30-36-84(61,82)17/h18-22,25,42,47-48,54-55,58-63H,23-24,26-41,43-46H2,1-17H3,(H,96,97)(H,98,99)/t54-,55-,58?,59+,60?,61?,62+,63+,78?,79+,80+,81-,82-,83?,84-,85+,86-/m1/s1. The number of ketones is 1. The molecule has 0 aliphatic heterocycles. The fourth-order valence-electron chi connectivity index (χ4n) is 26.5. The highest BCUT2D eigenvalue weighted by atomic mass is 35.5. The number of aliphatic carboxylic acids is 2. The Labute approximate surface area is 620 Å². The number of hydrogen-bond acceptors (Lipinski definition) is 13. The molecule has 103 heavy (non-hydrogen) atoms. The summed E-state index contributed by atoms with van der Waals surface area (Å²) >= 11 is 13.3. The molecular formula is C86H114Cl2N4O11. The average Bonchev–Trinajstić information content (AvgIpc) is 1.67. The van der Waals surface area contributed by atoms with Gasteiger partial charge in [0.1, 0.15) is 12.2 Å². The van der Waals surface area contributed by atoms with Crippen LogP contribution < -0.4 is 0 Å². The van der Waals surface area contributed by atoms with E-state index in [1.807, 2.05) is 36.4 Å². The minimum absolute atomic E-state index is 0.00291. The highest BCUT2D eigenvalue weighted by Crippen LogP contribution is 2.79. The number of rotatable bonds is 16. The lowest BCUT2D eigenvalue weighted by Gasteiger charge is -2.72. The lowest BCUT2D eigenvalue weighted by Crippen LogP contribution is -2.66. The lowest BCUT2D eigenvalue weighted by atomic mass is 9.33. The number of halogens is 2. The third-order valence-corrected chi connectivity index (χ3v) is 33.0. The van der Waals surface area contributed by atoms with Crippen molar-refractivity contribution in [2.24, 2.45) is 101 Å². The van der Waals surface area contributed by atoms with Gasteiger partial charge >= 0.3 is 23.9 Å². The number of esters is 2. The van der Waals surface area contributed by atoms with Crippen molar-refractivity contribution in [2.45, 2.75) is 282 Å². The summed E-state index contributed by atoms with van der Waals surface area (Å²) in [5.41, 5.74) is 2.48. The fourth-order valence-corrected chi connectivity index (χ4v) is 26.9. The van der Waals surface area contributed by atoms with Gasteiger partial charge in [0, 0.05) is 38.4 Å². The Hall–Kier alpha value is -5.67. The van der Waals surface area contributed by atoms with Crippen molar-refractivity contribution in [3.8, 4) is 22.9 Å². The van der Waals surface area contributed by atoms with Gasteiger partial charge in [0.15, 0.2) is 5.78 Å². The molecule has 0 saturated heterocycles. The molecule has 0 radical (unpaired) electrons. The van der Waals surface area contributed by atoms with E-state index in [0.29, 0.717) is 69.5 Å². The van der Waals surface area contributed by atoms with Gasteiger partial charge in [-0.1, -0.05) is 131 Å². The summed E-state index contributed by atoms with van der Waals surface area (Å²) in [6.07, 6.45) is 16.1. The van der Waals surface area contributed by atoms with Gasteiger partial charge in [-0.3, -0.25) is 24.0 Å². The van der Waals surface area contributed by atoms with E-state index in [1.165, 1.54) is 5.57 Å². The zero-order valence-electron chi connectivity index (χ0n) is 64.5. The van der Waals surface area contributed by atoms with Crippen LogP contribution in [0.4, 0.5) is 0 Å². The Morgan fingerprint density at radius 3 is 1.55 bits per heavy atom. The predicted octanol–water partition coefficient (Wildman–Crippen LogP) is 20.4. The maximum Gasteiger partial charge on any atom is 0.310 e. The van der Waals surface area contributed by atoms with Crippen molar-refractivity contribution in [3.63, 3.8) is 0 Å². The molecule has 2 aromatic heterocycles. The molecule has 5 unspecified atom stereocenters. The van der Waals surface area contributed by atoms with E-state index >= 15 is 0 Å². The van der Waals surface area contributed by atoms with E-state index < -0.39 is 40.1 Å². The monoisotopic (exact) mass is 1450 g/mol. The number of aromatic nitrogens is 4. The minimum atomic E-state index is -1.58. The van der Waals surface area contributed by atoms with Gasteiger partial charge < -0.3 is 28.5 Å². The number of nitrogens with zero attached hydrogens (tertiary/aromatic N) is 4. The van der Waals surface area contributed by atoms with Crippen LogP contribution in [0.5, 0.6) is 0 Å². The molecule has 10 aliphatic carbocycles. The predicted molar refractivity (Wildman–Crippen MR) is 396 cm³/mol. The second-order valence-corrected chi connectivity index (χ2v) is 39.8. The van der Waals surface area contributed by atoms with Crippen molar-refractivity contribution in [1.29, 1.82) is 0 Å². The maximum absolute atomic E-state index is 14.8. The molecule has 8 fully saturated rings. The molecule has 2 aromatic carbocycles. The maximum atomic E-state index is 14.8. The topological polar surface area (TPSA) is 222 Å². The zero-order chi connectivity index (χ0) is 74.3. The summed E-state index contributed by atoms with van der Waals surface area (Å²) in [6, 6.07) is 13.0. The molecule has 558 valence electrons. The summed E-state index contributed by atoms with van der Waals surface area (Å²) in [4.78, 5) is 68.5. The number of Topliss-reactive ketones (excluding diaryl/α,β-unsaturated/α-hetero) is 1. The Kier molecular flexibility index (Phi) is 18.0. The smallest absolute Gasteiger partial charge is 0.310 e. The van der Waals surface area contributed by atoms with Gasteiger partial charge in [-0.15, -0.1) is 20.4 Å². The molecule has 2 N–H and O–H groups in total.